The van der Waals surface area contributed by atoms with E-state index in [0.717, 1.165) is 16.3 Å². The number of thiazole rings is 1. The molecule has 0 aliphatic heterocycles. The third-order valence-electron chi connectivity index (χ3n) is 2.99. The molecule has 2 aromatic carbocycles. The van der Waals surface area contributed by atoms with Crippen LogP contribution in [0.1, 0.15) is 16.1 Å². The van der Waals surface area contributed by atoms with E-state index in [2.05, 4.69) is 42.2 Å². The van der Waals surface area contributed by atoms with Gasteiger partial charge < -0.3 is 4.74 Å². The first-order valence-corrected chi connectivity index (χ1v) is 7.08. The third-order valence-corrected chi connectivity index (χ3v) is 3.93. The summed E-state index contributed by atoms with van der Waals surface area (Å²) in [5, 5.41) is 1.09. The van der Waals surface area contributed by atoms with Crippen LogP contribution < -0.4 is 4.74 Å². The predicted octanol–water partition coefficient (Wildman–Crippen LogP) is 4.49. The van der Waals surface area contributed by atoms with Crippen LogP contribution in [0.25, 0.3) is 10.2 Å². The Morgan fingerprint density at radius 3 is 2.63 bits per heavy atom. The molecule has 0 amide bonds. The molecule has 0 fully saturated rings. The minimum Gasteiger partial charge on any atom is -0.489 e. The summed E-state index contributed by atoms with van der Waals surface area (Å²) in [4.78, 5) is 4.45. The zero-order valence-electron chi connectivity index (χ0n) is 11.0. The van der Waals surface area contributed by atoms with Crippen molar-refractivity contribution in [1.82, 2.24) is 4.98 Å². The second kappa shape index (κ2) is 5.02. The van der Waals surface area contributed by atoms with Crippen molar-refractivity contribution in [1.29, 1.82) is 0 Å². The number of ether oxygens (including phenoxy) is 1. The van der Waals surface area contributed by atoms with E-state index < -0.39 is 0 Å². The fourth-order valence-electron chi connectivity index (χ4n) is 1.96. The van der Waals surface area contributed by atoms with Gasteiger partial charge in [0.05, 0.1) is 15.2 Å². The van der Waals surface area contributed by atoms with Gasteiger partial charge in [0.25, 0.3) is 0 Å². The number of benzene rings is 2. The van der Waals surface area contributed by atoms with Crippen LogP contribution in [0.4, 0.5) is 0 Å². The van der Waals surface area contributed by atoms with Gasteiger partial charge in [0.2, 0.25) is 0 Å². The number of rotatable bonds is 3. The molecule has 0 N–H and O–H groups in total. The lowest BCUT2D eigenvalue weighted by Gasteiger charge is -2.06. The average molecular weight is 269 g/mol. The maximum atomic E-state index is 5.83. The van der Waals surface area contributed by atoms with E-state index in [1.165, 1.54) is 15.8 Å². The molecule has 96 valence electrons. The molecule has 0 radical (unpaired) electrons. The zero-order valence-corrected chi connectivity index (χ0v) is 11.8. The summed E-state index contributed by atoms with van der Waals surface area (Å²) < 4.78 is 7.01. The molecule has 2 nitrogen and oxygen atoms in total. The van der Waals surface area contributed by atoms with Crippen molar-refractivity contribution >= 4 is 21.6 Å². The van der Waals surface area contributed by atoms with Gasteiger partial charge in [0.1, 0.15) is 12.4 Å². The number of hydrogen-bond acceptors (Lipinski definition) is 3. The molecule has 3 aromatic rings. The highest BCUT2D eigenvalue weighted by Gasteiger charge is 2.02. The van der Waals surface area contributed by atoms with Crippen LogP contribution in [0.2, 0.25) is 0 Å². The minimum atomic E-state index is 0.601. The Kier molecular flexibility index (Phi) is 3.22. The third kappa shape index (κ3) is 2.76. The average Bonchev–Trinajstić information content (AvgIpc) is 2.77. The summed E-state index contributed by atoms with van der Waals surface area (Å²) in [5.74, 6) is 0.900. The lowest BCUT2D eigenvalue weighted by molar-refractivity contribution is 0.306. The minimum absolute atomic E-state index is 0.601. The Morgan fingerprint density at radius 1 is 1.05 bits per heavy atom. The van der Waals surface area contributed by atoms with Gasteiger partial charge in [-0.3, -0.25) is 0 Å². The van der Waals surface area contributed by atoms with Crippen LogP contribution >= 0.6 is 11.3 Å². The first-order chi connectivity index (χ1) is 9.20. The topological polar surface area (TPSA) is 22.1 Å². The van der Waals surface area contributed by atoms with E-state index in [1.807, 2.05) is 19.1 Å². The summed E-state index contributed by atoms with van der Waals surface area (Å²) in [6.07, 6.45) is 0. The monoisotopic (exact) mass is 269 g/mol. The van der Waals surface area contributed by atoms with Crippen molar-refractivity contribution in [2.75, 3.05) is 0 Å². The normalized spacial score (nSPS) is 10.8. The van der Waals surface area contributed by atoms with Gasteiger partial charge in [-0.05, 0) is 37.6 Å². The Bertz CT molecular complexity index is 700. The maximum absolute atomic E-state index is 5.83. The Hall–Kier alpha value is -1.87. The van der Waals surface area contributed by atoms with Crippen molar-refractivity contribution in [2.45, 2.75) is 20.5 Å². The number of aryl methyl sites for hydroxylation is 2. The van der Waals surface area contributed by atoms with Gasteiger partial charge >= 0.3 is 0 Å². The zero-order chi connectivity index (χ0) is 13.2. The lowest BCUT2D eigenvalue weighted by atomic mass is 10.2. The lowest BCUT2D eigenvalue weighted by Crippen LogP contribution is -1.94. The highest BCUT2D eigenvalue weighted by Crippen LogP contribution is 2.26. The van der Waals surface area contributed by atoms with Gasteiger partial charge in [-0.15, -0.1) is 11.3 Å². The first kappa shape index (κ1) is 12.2. The van der Waals surface area contributed by atoms with Gasteiger partial charge in [0, 0.05) is 0 Å². The van der Waals surface area contributed by atoms with Crippen molar-refractivity contribution in [2.24, 2.45) is 0 Å². The number of aromatic nitrogens is 1. The molecule has 0 spiro atoms. The molecule has 0 atom stereocenters. The molecule has 0 aliphatic rings. The van der Waals surface area contributed by atoms with E-state index in [4.69, 9.17) is 4.74 Å². The van der Waals surface area contributed by atoms with Crippen molar-refractivity contribution in [3.8, 4) is 5.75 Å². The summed E-state index contributed by atoms with van der Waals surface area (Å²) in [6.45, 7) is 4.71. The van der Waals surface area contributed by atoms with Gasteiger partial charge in [-0.25, -0.2) is 4.98 Å². The summed E-state index contributed by atoms with van der Waals surface area (Å²) >= 11 is 1.70. The highest BCUT2D eigenvalue weighted by molar-refractivity contribution is 7.18. The van der Waals surface area contributed by atoms with Crippen LogP contribution in [0.5, 0.6) is 5.75 Å². The van der Waals surface area contributed by atoms with E-state index in [9.17, 15) is 0 Å². The van der Waals surface area contributed by atoms with E-state index in [-0.39, 0.29) is 0 Å². The van der Waals surface area contributed by atoms with E-state index >= 15 is 0 Å². The van der Waals surface area contributed by atoms with Crippen LogP contribution in [0, 0.1) is 13.8 Å². The number of nitrogens with zero attached hydrogens (tertiary/aromatic N) is 1. The Labute approximate surface area is 116 Å². The second-order valence-electron chi connectivity index (χ2n) is 4.64. The largest absolute Gasteiger partial charge is 0.489 e. The van der Waals surface area contributed by atoms with Crippen LogP contribution in [-0.2, 0) is 6.61 Å². The Balaban J connectivity index is 1.75. The van der Waals surface area contributed by atoms with Crippen LogP contribution in [-0.4, -0.2) is 4.98 Å². The second-order valence-corrected chi connectivity index (χ2v) is 5.87. The van der Waals surface area contributed by atoms with Gasteiger partial charge in [-0.2, -0.15) is 0 Å². The van der Waals surface area contributed by atoms with Gasteiger partial charge in [-0.1, -0.05) is 29.8 Å². The molecular formula is C16H15NOS. The van der Waals surface area contributed by atoms with E-state index in [0.29, 0.717) is 6.61 Å². The molecule has 0 unspecified atom stereocenters. The molecule has 3 rings (SSSR count). The maximum Gasteiger partial charge on any atom is 0.121 e. The van der Waals surface area contributed by atoms with Crippen molar-refractivity contribution in [3.05, 3.63) is 58.6 Å². The molecule has 1 heterocycles. The summed E-state index contributed by atoms with van der Waals surface area (Å²) in [6, 6.07) is 14.5. The molecule has 19 heavy (non-hydrogen) atoms. The quantitative estimate of drug-likeness (QED) is 0.698. The highest BCUT2D eigenvalue weighted by atomic mass is 32.1. The summed E-state index contributed by atoms with van der Waals surface area (Å²) in [7, 11) is 0. The Morgan fingerprint density at radius 2 is 1.84 bits per heavy atom. The molecule has 3 heteroatoms. The van der Waals surface area contributed by atoms with Gasteiger partial charge in [0.15, 0.2) is 0 Å². The molecule has 0 saturated carbocycles. The smallest absolute Gasteiger partial charge is 0.121 e. The standard InChI is InChI=1S/C16H15NOS/c1-11-3-5-13(6-4-11)10-18-14-7-8-15-16(9-14)19-12(2)17-15/h3-9H,10H2,1-2H3. The fourth-order valence-corrected chi connectivity index (χ4v) is 2.82. The molecular weight excluding hydrogens is 254 g/mol. The van der Waals surface area contributed by atoms with Crippen LogP contribution in [0.3, 0.4) is 0 Å². The molecule has 0 aliphatic carbocycles. The number of hydrogen-bond donors (Lipinski definition) is 0. The van der Waals surface area contributed by atoms with Crippen molar-refractivity contribution < 1.29 is 4.74 Å². The molecule has 1 aromatic heterocycles. The van der Waals surface area contributed by atoms with E-state index in [1.54, 1.807) is 11.3 Å². The SMILES string of the molecule is Cc1ccc(COc2ccc3nc(C)sc3c2)cc1. The first-order valence-electron chi connectivity index (χ1n) is 6.26. The number of fused-ring (bicyclic) bond motifs is 1. The van der Waals surface area contributed by atoms with Crippen LogP contribution in [0.15, 0.2) is 42.5 Å². The fraction of sp³-hybridized carbons (Fsp3) is 0.188. The van der Waals surface area contributed by atoms with Crippen molar-refractivity contribution in [3.63, 3.8) is 0 Å². The molecule has 0 bridgehead atoms. The predicted molar refractivity (Wildman–Crippen MR) is 79.9 cm³/mol. The summed E-state index contributed by atoms with van der Waals surface area (Å²) in [5.41, 5.74) is 3.50. The molecule has 0 saturated heterocycles.